The Morgan fingerprint density at radius 2 is 1.94 bits per heavy atom. The van der Waals surface area contributed by atoms with Crippen molar-refractivity contribution in [2.24, 2.45) is 0 Å². The maximum absolute atomic E-state index is 12.8. The van der Waals surface area contributed by atoms with Crippen LogP contribution in [0, 0.1) is 17.1 Å². The molecule has 1 N–H and O–H groups in total. The van der Waals surface area contributed by atoms with Gasteiger partial charge in [-0.05, 0) is 36.4 Å². The lowest BCUT2D eigenvalue weighted by molar-refractivity contribution is 0.473. The molecule has 0 amide bonds. The number of benzene rings is 1. The summed E-state index contributed by atoms with van der Waals surface area (Å²) < 4.78 is 12.8. The molecule has 0 unspecified atom stereocenters. The average Bonchev–Trinajstić information content (AvgIpc) is 2.39. The van der Waals surface area contributed by atoms with Crippen molar-refractivity contribution in [1.82, 2.24) is 4.98 Å². The summed E-state index contributed by atoms with van der Waals surface area (Å²) >= 11 is 0. The second-order valence-corrected chi connectivity index (χ2v) is 3.57. The first kappa shape index (κ1) is 11.8. The predicted molar refractivity (Wildman–Crippen MR) is 65.9 cm³/mol. The zero-order chi connectivity index (χ0) is 13.0. The summed E-state index contributed by atoms with van der Waals surface area (Å²) in [7, 11) is 0. The SMILES string of the molecule is N#CC=Cc1ccnc(-c2ccc(F)cc2)c1O. The molecule has 88 valence electrons. The topological polar surface area (TPSA) is 56.9 Å². The smallest absolute Gasteiger partial charge is 0.149 e. The van der Waals surface area contributed by atoms with Gasteiger partial charge in [-0.2, -0.15) is 5.26 Å². The predicted octanol–water partition coefficient (Wildman–Crippen LogP) is 3.13. The third kappa shape index (κ3) is 2.36. The average molecular weight is 240 g/mol. The molecule has 0 aliphatic carbocycles. The van der Waals surface area contributed by atoms with Crippen LogP contribution < -0.4 is 0 Å². The molecule has 0 spiro atoms. The van der Waals surface area contributed by atoms with Gasteiger partial charge >= 0.3 is 0 Å². The van der Waals surface area contributed by atoms with Crippen molar-refractivity contribution in [2.75, 3.05) is 0 Å². The molecule has 1 heterocycles. The van der Waals surface area contributed by atoms with E-state index in [-0.39, 0.29) is 11.6 Å². The molecule has 2 rings (SSSR count). The van der Waals surface area contributed by atoms with Crippen LogP contribution in [0.4, 0.5) is 4.39 Å². The minimum atomic E-state index is -0.348. The van der Waals surface area contributed by atoms with Crippen molar-refractivity contribution in [3.8, 4) is 23.1 Å². The number of allylic oxidation sites excluding steroid dienone is 1. The number of aromatic nitrogens is 1. The Morgan fingerprint density at radius 3 is 2.61 bits per heavy atom. The van der Waals surface area contributed by atoms with E-state index >= 15 is 0 Å². The number of halogens is 1. The molecular weight excluding hydrogens is 231 g/mol. The number of aromatic hydroxyl groups is 1. The minimum Gasteiger partial charge on any atom is -0.505 e. The van der Waals surface area contributed by atoms with Crippen LogP contribution in [0.15, 0.2) is 42.6 Å². The highest BCUT2D eigenvalue weighted by Crippen LogP contribution is 2.30. The first-order valence-corrected chi connectivity index (χ1v) is 5.22. The van der Waals surface area contributed by atoms with E-state index in [2.05, 4.69) is 4.98 Å². The molecule has 0 aliphatic rings. The Labute approximate surface area is 103 Å². The van der Waals surface area contributed by atoms with Gasteiger partial charge in [-0.25, -0.2) is 4.39 Å². The van der Waals surface area contributed by atoms with E-state index in [1.54, 1.807) is 6.07 Å². The van der Waals surface area contributed by atoms with Crippen LogP contribution in [0.1, 0.15) is 5.56 Å². The standard InChI is InChI=1S/C14H9FN2O/c15-12-5-3-10(4-6-12)13-14(18)11(2-1-8-16)7-9-17-13/h1-7,9,18H. The van der Waals surface area contributed by atoms with Crippen LogP contribution in [-0.4, -0.2) is 10.1 Å². The highest BCUT2D eigenvalue weighted by molar-refractivity contribution is 5.72. The molecule has 1 aromatic carbocycles. The summed E-state index contributed by atoms with van der Waals surface area (Å²) in [6.07, 6.45) is 4.28. The van der Waals surface area contributed by atoms with Crippen molar-refractivity contribution in [3.05, 3.63) is 54.0 Å². The number of hydrogen-bond donors (Lipinski definition) is 1. The van der Waals surface area contributed by atoms with Crippen molar-refractivity contribution in [1.29, 1.82) is 5.26 Å². The second-order valence-electron chi connectivity index (χ2n) is 3.57. The first-order valence-electron chi connectivity index (χ1n) is 5.22. The zero-order valence-electron chi connectivity index (χ0n) is 9.34. The fourth-order valence-corrected chi connectivity index (χ4v) is 1.55. The lowest BCUT2D eigenvalue weighted by Crippen LogP contribution is -1.87. The summed E-state index contributed by atoms with van der Waals surface area (Å²) in [6.45, 7) is 0. The van der Waals surface area contributed by atoms with E-state index in [4.69, 9.17) is 5.26 Å². The van der Waals surface area contributed by atoms with Crippen molar-refractivity contribution in [2.45, 2.75) is 0 Å². The molecule has 3 nitrogen and oxygen atoms in total. The third-order valence-corrected chi connectivity index (χ3v) is 2.41. The summed E-state index contributed by atoms with van der Waals surface area (Å²) in [4.78, 5) is 4.06. The quantitative estimate of drug-likeness (QED) is 0.820. The number of rotatable bonds is 2. The van der Waals surface area contributed by atoms with Gasteiger partial charge in [0, 0.05) is 23.4 Å². The number of pyridine rings is 1. The summed E-state index contributed by atoms with van der Waals surface area (Å²) in [5.41, 5.74) is 1.46. The Hall–Kier alpha value is -2.67. The van der Waals surface area contributed by atoms with Gasteiger partial charge in [-0.15, -0.1) is 0 Å². The Kier molecular flexibility index (Phi) is 3.35. The van der Waals surface area contributed by atoms with Crippen molar-refractivity contribution < 1.29 is 9.50 Å². The van der Waals surface area contributed by atoms with Crippen molar-refractivity contribution >= 4 is 6.08 Å². The van der Waals surface area contributed by atoms with Crippen LogP contribution in [0.2, 0.25) is 0 Å². The van der Waals surface area contributed by atoms with Crippen LogP contribution in [-0.2, 0) is 0 Å². The molecule has 0 aliphatic heterocycles. The molecular formula is C14H9FN2O. The molecule has 0 radical (unpaired) electrons. The molecule has 4 heteroatoms. The van der Waals surface area contributed by atoms with Crippen LogP contribution >= 0.6 is 0 Å². The highest BCUT2D eigenvalue weighted by atomic mass is 19.1. The largest absolute Gasteiger partial charge is 0.505 e. The molecule has 0 atom stereocenters. The fourth-order valence-electron chi connectivity index (χ4n) is 1.55. The van der Waals surface area contributed by atoms with Crippen LogP contribution in [0.25, 0.3) is 17.3 Å². The first-order chi connectivity index (χ1) is 8.72. The Morgan fingerprint density at radius 1 is 1.22 bits per heavy atom. The van der Waals surface area contributed by atoms with Gasteiger partial charge in [0.25, 0.3) is 0 Å². The fraction of sp³-hybridized carbons (Fsp3) is 0. The minimum absolute atomic E-state index is 0.0318. The van der Waals surface area contributed by atoms with Gasteiger partial charge in [-0.1, -0.05) is 0 Å². The molecule has 0 fully saturated rings. The molecule has 1 aromatic heterocycles. The molecule has 0 saturated heterocycles. The molecule has 18 heavy (non-hydrogen) atoms. The number of nitriles is 1. The molecule has 2 aromatic rings. The highest BCUT2D eigenvalue weighted by Gasteiger charge is 2.08. The molecule has 0 bridgehead atoms. The van der Waals surface area contributed by atoms with E-state index in [0.29, 0.717) is 16.8 Å². The van der Waals surface area contributed by atoms with Gasteiger partial charge in [0.1, 0.15) is 17.3 Å². The maximum Gasteiger partial charge on any atom is 0.149 e. The van der Waals surface area contributed by atoms with Crippen molar-refractivity contribution in [3.63, 3.8) is 0 Å². The van der Waals surface area contributed by atoms with Gasteiger partial charge in [0.2, 0.25) is 0 Å². The lowest BCUT2D eigenvalue weighted by atomic mass is 10.1. The van der Waals surface area contributed by atoms with E-state index < -0.39 is 0 Å². The van der Waals surface area contributed by atoms with Gasteiger partial charge in [0.15, 0.2) is 0 Å². The van der Waals surface area contributed by atoms with E-state index in [1.165, 1.54) is 42.6 Å². The molecule has 0 saturated carbocycles. The Bertz CT molecular complexity index is 627. The van der Waals surface area contributed by atoms with E-state index in [0.717, 1.165) is 0 Å². The van der Waals surface area contributed by atoms with E-state index in [1.807, 2.05) is 6.07 Å². The monoisotopic (exact) mass is 240 g/mol. The normalized spacial score (nSPS) is 10.4. The van der Waals surface area contributed by atoms with Gasteiger partial charge < -0.3 is 5.11 Å². The van der Waals surface area contributed by atoms with Crippen LogP contribution in [0.5, 0.6) is 5.75 Å². The van der Waals surface area contributed by atoms with Crippen LogP contribution in [0.3, 0.4) is 0 Å². The van der Waals surface area contributed by atoms with E-state index in [9.17, 15) is 9.50 Å². The third-order valence-electron chi connectivity index (χ3n) is 2.41. The van der Waals surface area contributed by atoms with Gasteiger partial charge in [0.05, 0.1) is 6.07 Å². The summed E-state index contributed by atoms with van der Waals surface area (Å²) in [5.74, 6) is -0.380. The lowest BCUT2D eigenvalue weighted by Gasteiger charge is -2.06. The van der Waals surface area contributed by atoms with Gasteiger partial charge in [-0.3, -0.25) is 4.98 Å². The second kappa shape index (κ2) is 5.11. The Balaban J connectivity index is 2.49. The maximum atomic E-state index is 12.8. The summed E-state index contributed by atoms with van der Waals surface area (Å²) in [5, 5.41) is 18.5. The number of nitrogens with zero attached hydrogens (tertiary/aromatic N) is 2. The number of hydrogen-bond acceptors (Lipinski definition) is 3. The summed E-state index contributed by atoms with van der Waals surface area (Å²) in [6, 6.07) is 9.12. The zero-order valence-corrected chi connectivity index (χ0v) is 9.34.